The number of carboxylic acids is 1. The van der Waals surface area contributed by atoms with Gasteiger partial charge in [-0.3, -0.25) is 14.5 Å². The van der Waals surface area contributed by atoms with Crippen LogP contribution in [0.5, 0.6) is 0 Å². The molecule has 1 aliphatic rings. The summed E-state index contributed by atoms with van der Waals surface area (Å²) in [5, 5.41) is 9.85. The molecule has 1 N–H and O–H groups in total. The Bertz CT molecular complexity index is 1250. The van der Waals surface area contributed by atoms with Crippen LogP contribution in [0.15, 0.2) is 47.4 Å². The molecule has 3 aromatic rings. The van der Waals surface area contributed by atoms with Gasteiger partial charge in [0.2, 0.25) is 5.91 Å². The van der Waals surface area contributed by atoms with Crippen LogP contribution in [0, 0.1) is 5.41 Å². The van der Waals surface area contributed by atoms with Gasteiger partial charge in [0.25, 0.3) is 0 Å². The van der Waals surface area contributed by atoms with Crippen molar-refractivity contribution in [1.29, 1.82) is 0 Å². The highest BCUT2D eigenvalue weighted by atomic mass is 32.2. The minimum atomic E-state index is -3.48. The molecule has 0 radical (unpaired) electrons. The molecule has 0 atom stereocenters. The van der Waals surface area contributed by atoms with Crippen LogP contribution >= 0.6 is 11.3 Å². The number of benzene rings is 2. The van der Waals surface area contributed by atoms with Gasteiger partial charge in [0.05, 0.1) is 21.4 Å². The number of hydrogen-bond donors (Lipinski definition) is 1. The van der Waals surface area contributed by atoms with Gasteiger partial charge in [-0.15, -0.1) is 0 Å². The number of sulfone groups is 1. The van der Waals surface area contributed by atoms with E-state index in [4.69, 9.17) is 0 Å². The summed E-state index contributed by atoms with van der Waals surface area (Å²) < 4.78 is 24.8. The number of nitrogens with zero attached hydrogens (tertiary/aromatic N) is 2. The topological polar surface area (TPSA) is 105 Å². The first-order valence-electron chi connectivity index (χ1n) is 9.27. The monoisotopic (exact) mass is 444 g/mol. The summed E-state index contributed by atoms with van der Waals surface area (Å²) in [5.41, 5.74) is 1.18. The average Bonchev–Trinajstić information content (AvgIpc) is 3.26. The summed E-state index contributed by atoms with van der Waals surface area (Å²) >= 11 is 1.21. The van der Waals surface area contributed by atoms with Gasteiger partial charge in [-0.1, -0.05) is 41.7 Å². The van der Waals surface area contributed by atoms with Gasteiger partial charge >= 0.3 is 5.97 Å². The van der Waals surface area contributed by atoms with Crippen molar-refractivity contribution in [2.24, 2.45) is 5.41 Å². The van der Waals surface area contributed by atoms with E-state index in [0.29, 0.717) is 28.2 Å². The van der Waals surface area contributed by atoms with Crippen LogP contribution in [0.1, 0.15) is 17.5 Å². The molecule has 156 valence electrons. The standard InChI is InChI=1S/C21H20N2O5S2/c1-23(20-22-18-15(29-20)8-5-9-16(18)30(2,27)28)19(26)21(12-17(24)25)10-13-6-3-4-7-14(13)11-21/h3-9H,10-12H2,1-2H3,(H,24,25). The quantitative estimate of drug-likeness (QED) is 0.649. The predicted octanol–water partition coefficient (Wildman–Crippen LogP) is 2.92. The molecule has 7 nitrogen and oxygen atoms in total. The Kier molecular flexibility index (Phi) is 4.90. The lowest BCUT2D eigenvalue weighted by atomic mass is 9.80. The van der Waals surface area contributed by atoms with E-state index < -0.39 is 21.2 Å². The number of anilines is 1. The second-order valence-corrected chi connectivity index (χ2v) is 10.7. The molecule has 0 saturated heterocycles. The van der Waals surface area contributed by atoms with Crippen LogP contribution in [0.2, 0.25) is 0 Å². The molecule has 1 aliphatic carbocycles. The highest BCUT2D eigenvalue weighted by Crippen LogP contribution is 2.43. The van der Waals surface area contributed by atoms with E-state index in [-0.39, 0.29) is 17.2 Å². The number of para-hydroxylation sites is 1. The summed E-state index contributed by atoms with van der Waals surface area (Å²) in [6.07, 6.45) is 1.52. The Hall–Kier alpha value is -2.78. The predicted molar refractivity (Wildman–Crippen MR) is 115 cm³/mol. The van der Waals surface area contributed by atoms with Crippen molar-refractivity contribution in [2.75, 3.05) is 18.2 Å². The number of fused-ring (bicyclic) bond motifs is 2. The molecular formula is C21H20N2O5S2. The van der Waals surface area contributed by atoms with Crippen molar-refractivity contribution < 1.29 is 23.1 Å². The normalized spacial score (nSPS) is 15.1. The molecule has 0 spiro atoms. The summed E-state index contributed by atoms with van der Waals surface area (Å²) in [4.78, 5) is 31.1. The second-order valence-electron chi connectivity index (χ2n) is 7.71. The number of amides is 1. The fraction of sp³-hybridized carbons (Fsp3) is 0.286. The molecule has 0 unspecified atom stereocenters. The molecule has 1 heterocycles. The molecule has 0 saturated carbocycles. The summed E-state index contributed by atoms with van der Waals surface area (Å²) in [6.45, 7) is 0. The van der Waals surface area contributed by atoms with E-state index in [1.54, 1.807) is 19.2 Å². The van der Waals surface area contributed by atoms with Gasteiger partial charge in [0.1, 0.15) is 5.52 Å². The number of carboxylic acid groups (broad SMARTS) is 1. The minimum Gasteiger partial charge on any atom is -0.481 e. The molecule has 4 rings (SSSR count). The molecule has 0 bridgehead atoms. The zero-order valence-corrected chi connectivity index (χ0v) is 18.1. The van der Waals surface area contributed by atoms with Crippen molar-refractivity contribution in [3.63, 3.8) is 0 Å². The van der Waals surface area contributed by atoms with Gasteiger partial charge in [0, 0.05) is 13.3 Å². The van der Waals surface area contributed by atoms with Crippen molar-refractivity contribution in [3.8, 4) is 0 Å². The largest absolute Gasteiger partial charge is 0.481 e. The van der Waals surface area contributed by atoms with Crippen molar-refractivity contribution in [1.82, 2.24) is 4.98 Å². The Morgan fingerprint density at radius 3 is 2.33 bits per heavy atom. The van der Waals surface area contributed by atoms with Crippen LogP contribution in [-0.4, -0.2) is 43.7 Å². The summed E-state index contributed by atoms with van der Waals surface area (Å²) in [6, 6.07) is 12.5. The molecule has 1 amide bonds. The maximum absolute atomic E-state index is 13.5. The molecule has 0 aliphatic heterocycles. The lowest BCUT2D eigenvalue weighted by Gasteiger charge is -2.30. The number of rotatable bonds is 5. The van der Waals surface area contributed by atoms with Crippen molar-refractivity contribution in [3.05, 3.63) is 53.6 Å². The number of carbonyl (C=O) groups is 2. The Balaban J connectivity index is 1.74. The number of hydrogen-bond acceptors (Lipinski definition) is 6. The number of aromatic nitrogens is 1. The zero-order chi connectivity index (χ0) is 21.7. The number of aliphatic carboxylic acids is 1. The lowest BCUT2D eigenvalue weighted by Crippen LogP contribution is -2.44. The Morgan fingerprint density at radius 2 is 1.77 bits per heavy atom. The van der Waals surface area contributed by atoms with Crippen LogP contribution in [-0.2, 0) is 32.3 Å². The summed E-state index contributed by atoms with van der Waals surface area (Å²) in [5.74, 6) is -1.37. The maximum Gasteiger partial charge on any atom is 0.304 e. The lowest BCUT2D eigenvalue weighted by molar-refractivity contribution is -0.144. The fourth-order valence-corrected chi connectivity index (χ4v) is 5.98. The third-order valence-corrected chi connectivity index (χ3v) is 7.71. The van der Waals surface area contributed by atoms with E-state index in [1.165, 1.54) is 22.3 Å². The first-order chi connectivity index (χ1) is 14.1. The zero-order valence-electron chi connectivity index (χ0n) is 16.5. The number of thiazole rings is 1. The third kappa shape index (κ3) is 3.48. The Labute approximate surface area is 177 Å². The first-order valence-corrected chi connectivity index (χ1v) is 12.0. The van der Waals surface area contributed by atoms with Gasteiger partial charge in [-0.05, 0) is 36.1 Å². The van der Waals surface area contributed by atoms with Gasteiger partial charge in [0.15, 0.2) is 15.0 Å². The maximum atomic E-state index is 13.5. The molecule has 2 aromatic carbocycles. The van der Waals surface area contributed by atoms with Gasteiger partial charge in [-0.25, -0.2) is 13.4 Å². The molecule has 0 fully saturated rings. The number of carbonyl (C=O) groups excluding carboxylic acids is 1. The molecular weight excluding hydrogens is 424 g/mol. The van der Waals surface area contributed by atoms with Crippen LogP contribution in [0.4, 0.5) is 5.13 Å². The van der Waals surface area contributed by atoms with E-state index in [9.17, 15) is 23.1 Å². The molecule has 9 heteroatoms. The second kappa shape index (κ2) is 7.17. The van der Waals surface area contributed by atoms with Crippen LogP contribution in [0.25, 0.3) is 10.2 Å². The SMILES string of the molecule is CN(C(=O)C1(CC(=O)O)Cc2ccccc2C1)c1nc2c(S(C)(=O)=O)cccc2s1. The van der Waals surface area contributed by atoms with E-state index in [2.05, 4.69) is 4.98 Å². The molecule has 1 aromatic heterocycles. The first kappa shape index (κ1) is 20.5. The highest BCUT2D eigenvalue weighted by molar-refractivity contribution is 7.91. The molecule has 30 heavy (non-hydrogen) atoms. The smallest absolute Gasteiger partial charge is 0.304 e. The Morgan fingerprint density at radius 1 is 1.13 bits per heavy atom. The fourth-order valence-electron chi connectivity index (χ4n) is 4.13. The van der Waals surface area contributed by atoms with Crippen molar-refractivity contribution in [2.45, 2.75) is 24.2 Å². The van der Waals surface area contributed by atoms with Gasteiger partial charge in [-0.2, -0.15) is 0 Å². The van der Waals surface area contributed by atoms with E-state index in [0.717, 1.165) is 17.4 Å². The van der Waals surface area contributed by atoms with Gasteiger partial charge < -0.3 is 5.11 Å². The average molecular weight is 445 g/mol. The minimum absolute atomic E-state index is 0.108. The van der Waals surface area contributed by atoms with Crippen LogP contribution < -0.4 is 4.90 Å². The van der Waals surface area contributed by atoms with Crippen molar-refractivity contribution >= 4 is 48.4 Å². The highest BCUT2D eigenvalue weighted by Gasteiger charge is 2.47. The third-order valence-electron chi connectivity index (χ3n) is 5.48. The van der Waals surface area contributed by atoms with Crippen LogP contribution in [0.3, 0.4) is 0 Å². The summed E-state index contributed by atoms with van der Waals surface area (Å²) in [7, 11) is -1.92. The van der Waals surface area contributed by atoms with E-state index >= 15 is 0 Å². The van der Waals surface area contributed by atoms with E-state index in [1.807, 2.05) is 24.3 Å².